The zero-order valence-corrected chi connectivity index (χ0v) is 19.8. The van der Waals surface area contributed by atoms with Crippen molar-refractivity contribution in [3.63, 3.8) is 0 Å². The number of carbonyl (C=O) groups excluding carboxylic acids is 1. The summed E-state index contributed by atoms with van der Waals surface area (Å²) < 4.78 is 81.7. The minimum atomic E-state index is -4.78. The predicted molar refractivity (Wildman–Crippen MR) is 115 cm³/mol. The van der Waals surface area contributed by atoms with E-state index in [-0.39, 0.29) is 18.0 Å². The van der Waals surface area contributed by atoms with Gasteiger partial charge in [-0.15, -0.1) is 0 Å². The average Bonchev–Trinajstić information content (AvgIpc) is 3.56. The third-order valence-electron chi connectivity index (χ3n) is 6.21. The molecule has 2 fully saturated rings. The first-order valence-electron chi connectivity index (χ1n) is 11.2. The van der Waals surface area contributed by atoms with E-state index in [1.54, 1.807) is 11.9 Å². The molecule has 186 valence electrons. The van der Waals surface area contributed by atoms with Crippen LogP contribution in [-0.2, 0) is 21.0 Å². The molecule has 0 spiro atoms. The summed E-state index contributed by atoms with van der Waals surface area (Å²) in [5, 5.41) is 3.03. The van der Waals surface area contributed by atoms with Gasteiger partial charge in [0.05, 0.1) is 11.6 Å². The fraction of sp³-hybridized carbons (Fsp3) is 0.682. The van der Waals surface area contributed by atoms with Gasteiger partial charge in [-0.2, -0.15) is 17.5 Å². The van der Waals surface area contributed by atoms with Gasteiger partial charge in [-0.05, 0) is 63.3 Å². The molecule has 1 aromatic carbocycles. The molecule has 1 aromatic rings. The Balaban J connectivity index is 1.79. The number of carbonyl (C=O) groups is 1. The van der Waals surface area contributed by atoms with Gasteiger partial charge in [0.25, 0.3) is 0 Å². The molecule has 1 atom stereocenters. The van der Waals surface area contributed by atoms with Crippen molar-refractivity contribution in [3.8, 4) is 0 Å². The second-order valence-electron chi connectivity index (χ2n) is 9.24. The number of nitrogens with one attached hydrogen (secondary N) is 1. The van der Waals surface area contributed by atoms with E-state index in [0.717, 1.165) is 0 Å². The number of amides is 1. The second-order valence-corrected chi connectivity index (χ2v) is 11.0. The summed E-state index contributed by atoms with van der Waals surface area (Å²) in [6.45, 7) is 4.72. The van der Waals surface area contributed by atoms with Gasteiger partial charge in [0.15, 0.2) is 0 Å². The Morgan fingerprint density at radius 1 is 1.15 bits per heavy atom. The maximum absolute atomic E-state index is 14.4. The number of rotatable bonds is 8. The smallest absolute Gasteiger partial charge is 0.341 e. The van der Waals surface area contributed by atoms with E-state index in [9.17, 15) is 30.8 Å². The van der Waals surface area contributed by atoms with Gasteiger partial charge in [-0.3, -0.25) is 4.79 Å². The summed E-state index contributed by atoms with van der Waals surface area (Å²) in [7, 11) is -2.76. The molecule has 0 aromatic heterocycles. The molecule has 3 rings (SSSR count). The fourth-order valence-electron chi connectivity index (χ4n) is 4.39. The SMILES string of the molecule is CNC(CC(C)C)C(=O)N1CCC(N(C2CC2)S(=O)(=O)c2cc(C(F)(F)F)ccc2F)CC1. The second kappa shape index (κ2) is 9.87. The van der Waals surface area contributed by atoms with Crippen LogP contribution in [0.5, 0.6) is 0 Å². The molecule has 1 heterocycles. The quantitative estimate of drug-likeness (QED) is 0.562. The Hall–Kier alpha value is -1.72. The van der Waals surface area contributed by atoms with Crippen molar-refractivity contribution in [3.05, 3.63) is 29.6 Å². The number of sulfonamides is 1. The van der Waals surface area contributed by atoms with Crippen molar-refractivity contribution < 1.29 is 30.8 Å². The van der Waals surface area contributed by atoms with Gasteiger partial charge in [0.2, 0.25) is 15.9 Å². The molecule has 1 saturated carbocycles. The molecule has 0 bridgehead atoms. The molecule has 1 N–H and O–H groups in total. The molecule has 1 saturated heterocycles. The van der Waals surface area contributed by atoms with Gasteiger partial charge in [-0.1, -0.05) is 13.8 Å². The monoisotopic (exact) mass is 493 g/mol. The van der Waals surface area contributed by atoms with E-state index in [2.05, 4.69) is 5.32 Å². The van der Waals surface area contributed by atoms with Crippen LogP contribution in [0, 0.1) is 11.7 Å². The standard InChI is InChI=1S/C22H31F4N3O3S/c1-14(2)12-19(27-3)21(30)28-10-8-17(9-11-28)29(16-5-6-16)33(31,32)20-13-15(22(24,25)26)4-7-18(20)23/h4,7,13-14,16-17,19,27H,5-6,8-12H2,1-3H3. The van der Waals surface area contributed by atoms with E-state index < -0.39 is 38.5 Å². The summed E-state index contributed by atoms with van der Waals surface area (Å²) in [6.07, 6.45) is -2.26. The Bertz CT molecular complexity index is 956. The Labute approximate surface area is 192 Å². The van der Waals surface area contributed by atoms with Crippen LogP contribution >= 0.6 is 0 Å². The summed E-state index contributed by atoms with van der Waals surface area (Å²) in [5.74, 6) is -0.928. The molecule has 1 amide bonds. The number of likely N-dealkylation sites (tertiary alicyclic amines) is 1. The summed E-state index contributed by atoms with van der Waals surface area (Å²) >= 11 is 0. The summed E-state index contributed by atoms with van der Waals surface area (Å²) in [6, 6.07) is 0.274. The Kier molecular flexibility index (Phi) is 7.75. The fourth-order valence-corrected chi connectivity index (χ4v) is 6.41. The number of piperidine rings is 1. The van der Waals surface area contributed by atoms with E-state index >= 15 is 0 Å². The van der Waals surface area contributed by atoms with Crippen molar-refractivity contribution in [2.75, 3.05) is 20.1 Å². The van der Waals surface area contributed by atoms with Gasteiger partial charge in [0, 0.05) is 25.2 Å². The van der Waals surface area contributed by atoms with Crippen LogP contribution in [0.25, 0.3) is 0 Å². The topological polar surface area (TPSA) is 69.7 Å². The lowest BCUT2D eigenvalue weighted by molar-refractivity contribution is -0.138. The number of halogens is 4. The highest BCUT2D eigenvalue weighted by Gasteiger charge is 2.45. The average molecular weight is 494 g/mol. The van der Waals surface area contributed by atoms with E-state index in [1.165, 1.54) is 4.31 Å². The first kappa shape index (κ1) is 25.9. The molecule has 11 heteroatoms. The minimum Gasteiger partial charge on any atom is -0.341 e. The number of hydrogen-bond donors (Lipinski definition) is 1. The predicted octanol–water partition coefficient (Wildman–Crippen LogP) is 3.62. The van der Waals surface area contributed by atoms with Gasteiger partial charge in [-0.25, -0.2) is 12.8 Å². The summed E-state index contributed by atoms with van der Waals surface area (Å²) in [5.41, 5.74) is -1.21. The number of benzene rings is 1. The lowest BCUT2D eigenvalue weighted by Gasteiger charge is -2.39. The zero-order chi connectivity index (χ0) is 24.6. The highest BCUT2D eigenvalue weighted by Crippen LogP contribution is 2.39. The molecule has 6 nitrogen and oxygen atoms in total. The Morgan fingerprint density at radius 2 is 1.73 bits per heavy atom. The van der Waals surface area contributed by atoms with E-state index in [4.69, 9.17) is 0 Å². The summed E-state index contributed by atoms with van der Waals surface area (Å²) in [4.78, 5) is 13.6. The Morgan fingerprint density at radius 3 is 2.21 bits per heavy atom. The molecule has 0 radical (unpaired) electrons. The molecule has 1 aliphatic heterocycles. The third-order valence-corrected chi connectivity index (χ3v) is 8.23. The van der Waals surface area contributed by atoms with Crippen LogP contribution in [0.1, 0.15) is 51.5 Å². The molecule has 1 unspecified atom stereocenters. The minimum absolute atomic E-state index is 0.0469. The first-order chi connectivity index (χ1) is 15.4. The number of hydrogen-bond acceptors (Lipinski definition) is 4. The number of likely N-dealkylation sites (N-methyl/N-ethyl adjacent to an activating group) is 1. The van der Waals surface area contributed by atoms with Crippen LogP contribution in [0.15, 0.2) is 23.1 Å². The molecule has 33 heavy (non-hydrogen) atoms. The highest BCUT2D eigenvalue weighted by atomic mass is 32.2. The van der Waals surface area contributed by atoms with Crippen LogP contribution in [0.3, 0.4) is 0 Å². The van der Waals surface area contributed by atoms with Gasteiger partial charge in [0.1, 0.15) is 10.7 Å². The normalized spacial score (nSPS) is 19.4. The molecule has 1 aliphatic carbocycles. The van der Waals surface area contributed by atoms with Crippen LogP contribution in [0.4, 0.5) is 17.6 Å². The molecule has 2 aliphatic rings. The van der Waals surface area contributed by atoms with Gasteiger partial charge < -0.3 is 10.2 Å². The van der Waals surface area contributed by atoms with Crippen molar-refractivity contribution >= 4 is 15.9 Å². The maximum Gasteiger partial charge on any atom is 0.416 e. The number of alkyl halides is 3. The number of nitrogens with zero attached hydrogens (tertiary/aromatic N) is 2. The highest BCUT2D eigenvalue weighted by molar-refractivity contribution is 7.89. The van der Waals surface area contributed by atoms with Crippen LogP contribution in [-0.4, -0.2) is 61.8 Å². The largest absolute Gasteiger partial charge is 0.416 e. The lowest BCUT2D eigenvalue weighted by Crippen LogP contribution is -2.53. The maximum atomic E-state index is 14.4. The molecular weight excluding hydrogens is 462 g/mol. The first-order valence-corrected chi connectivity index (χ1v) is 12.7. The van der Waals surface area contributed by atoms with Crippen molar-refractivity contribution in [1.29, 1.82) is 0 Å². The molecular formula is C22H31F4N3O3S. The van der Waals surface area contributed by atoms with Crippen molar-refractivity contribution in [2.24, 2.45) is 5.92 Å². The van der Waals surface area contributed by atoms with E-state index in [0.29, 0.717) is 69.3 Å². The van der Waals surface area contributed by atoms with Crippen LogP contribution in [0.2, 0.25) is 0 Å². The van der Waals surface area contributed by atoms with Crippen LogP contribution < -0.4 is 5.32 Å². The van der Waals surface area contributed by atoms with Gasteiger partial charge >= 0.3 is 6.18 Å². The van der Waals surface area contributed by atoms with Crippen molar-refractivity contribution in [1.82, 2.24) is 14.5 Å². The third kappa shape index (κ3) is 5.86. The zero-order valence-electron chi connectivity index (χ0n) is 19.0. The lowest BCUT2D eigenvalue weighted by atomic mass is 10.00. The van der Waals surface area contributed by atoms with E-state index in [1.807, 2.05) is 13.8 Å². The van der Waals surface area contributed by atoms with Crippen molar-refractivity contribution in [2.45, 2.75) is 75.1 Å².